The molecule has 124 valence electrons. The maximum absolute atomic E-state index is 13.1. The largest absolute Gasteiger partial charge is 0.489 e. The van der Waals surface area contributed by atoms with E-state index >= 15 is 0 Å². The van der Waals surface area contributed by atoms with E-state index in [9.17, 15) is 4.39 Å². The van der Waals surface area contributed by atoms with Crippen LogP contribution in [0.25, 0.3) is 0 Å². The highest BCUT2D eigenvalue weighted by molar-refractivity contribution is 14.0. The molecule has 0 amide bonds. The van der Waals surface area contributed by atoms with Gasteiger partial charge in [-0.25, -0.2) is 4.39 Å². The highest BCUT2D eigenvalue weighted by atomic mass is 127. The van der Waals surface area contributed by atoms with E-state index in [2.05, 4.69) is 15.6 Å². The fourth-order valence-electron chi connectivity index (χ4n) is 2.51. The minimum Gasteiger partial charge on any atom is -0.489 e. The topological polar surface area (TPSA) is 45.7 Å². The van der Waals surface area contributed by atoms with E-state index < -0.39 is 0 Å². The monoisotopic (exact) mass is 421 g/mol. The molecule has 1 aromatic rings. The summed E-state index contributed by atoms with van der Waals surface area (Å²) in [5, 5.41) is 6.67. The Labute approximate surface area is 148 Å². The molecule has 1 saturated carbocycles. The summed E-state index contributed by atoms with van der Waals surface area (Å²) in [5.41, 5.74) is 0. The molecule has 1 aromatic carbocycles. The fourth-order valence-corrected chi connectivity index (χ4v) is 2.51. The molecular weight excluding hydrogens is 396 g/mol. The zero-order valence-corrected chi connectivity index (χ0v) is 15.5. The van der Waals surface area contributed by atoms with Gasteiger partial charge in [-0.05, 0) is 31.9 Å². The van der Waals surface area contributed by atoms with E-state index in [0.29, 0.717) is 18.3 Å². The Morgan fingerprint density at radius 2 is 2.14 bits per heavy atom. The molecular formula is C16H25FIN3O. The molecule has 1 aliphatic rings. The van der Waals surface area contributed by atoms with Gasteiger partial charge >= 0.3 is 0 Å². The average Bonchev–Trinajstić information content (AvgIpc) is 2.96. The van der Waals surface area contributed by atoms with Gasteiger partial charge in [-0.3, -0.25) is 4.99 Å². The van der Waals surface area contributed by atoms with Crippen LogP contribution in [0.5, 0.6) is 5.75 Å². The Morgan fingerprint density at radius 1 is 1.41 bits per heavy atom. The van der Waals surface area contributed by atoms with Crippen molar-refractivity contribution in [1.29, 1.82) is 0 Å². The third kappa shape index (κ3) is 6.37. The first-order chi connectivity index (χ1) is 10.2. The minimum atomic E-state index is -0.286. The molecule has 0 saturated heterocycles. The van der Waals surface area contributed by atoms with Gasteiger partial charge in [0.05, 0.1) is 6.54 Å². The van der Waals surface area contributed by atoms with Crippen LogP contribution >= 0.6 is 24.0 Å². The Kier molecular flexibility index (Phi) is 8.52. The normalized spacial score (nSPS) is 16.8. The van der Waals surface area contributed by atoms with Crippen molar-refractivity contribution in [2.45, 2.75) is 44.8 Å². The number of nitrogens with zero attached hydrogens (tertiary/aromatic N) is 1. The number of hydrogen-bond acceptors (Lipinski definition) is 2. The summed E-state index contributed by atoms with van der Waals surface area (Å²) in [6.45, 7) is 2.56. The number of ether oxygens (including phenoxy) is 1. The summed E-state index contributed by atoms with van der Waals surface area (Å²) in [7, 11) is 1.77. The maximum atomic E-state index is 13.1. The van der Waals surface area contributed by atoms with E-state index in [1.54, 1.807) is 19.2 Å². The minimum absolute atomic E-state index is 0. The molecule has 0 aliphatic heterocycles. The zero-order chi connectivity index (χ0) is 15.1. The van der Waals surface area contributed by atoms with Gasteiger partial charge in [0.25, 0.3) is 0 Å². The van der Waals surface area contributed by atoms with E-state index in [0.717, 1.165) is 5.96 Å². The molecule has 6 heteroatoms. The number of aliphatic imine (C=N–C) groups is 1. The lowest BCUT2D eigenvalue weighted by Crippen LogP contribution is -2.45. The third-order valence-electron chi connectivity index (χ3n) is 3.61. The zero-order valence-electron chi connectivity index (χ0n) is 13.1. The Hall–Kier alpha value is -1.05. The first kappa shape index (κ1) is 19.0. The molecule has 0 heterocycles. The Bertz CT molecular complexity index is 478. The van der Waals surface area contributed by atoms with Gasteiger partial charge in [-0.1, -0.05) is 18.9 Å². The molecule has 0 bridgehead atoms. The van der Waals surface area contributed by atoms with Gasteiger partial charge in [-0.15, -0.1) is 24.0 Å². The van der Waals surface area contributed by atoms with Crippen LogP contribution in [0.15, 0.2) is 29.3 Å². The summed E-state index contributed by atoms with van der Waals surface area (Å²) in [5.74, 6) is 1.06. The molecule has 0 aromatic heterocycles. The van der Waals surface area contributed by atoms with Crippen molar-refractivity contribution in [2.75, 3.05) is 13.6 Å². The van der Waals surface area contributed by atoms with Crippen molar-refractivity contribution in [3.63, 3.8) is 0 Å². The lowest BCUT2D eigenvalue weighted by molar-refractivity contribution is 0.223. The highest BCUT2D eigenvalue weighted by Crippen LogP contribution is 2.17. The van der Waals surface area contributed by atoms with Gasteiger partial charge in [0.2, 0.25) is 0 Å². The SMILES string of the molecule is CN=C(NCC(C)Oc1cccc(F)c1)NC1CCCC1.I. The first-order valence-electron chi connectivity index (χ1n) is 7.57. The van der Waals surface area contributed by atoms with Crippen molar-refractivity contribution in [1.82, 2.24) is 10.6 Å². The molecule has 1 atom stereocenters. The predicted molar refractivity (Wildman–Crippen MR) is 98.7 cm³/mol. The van der Waals surface area contributed by atoms with E-state index in [-0.39, 0.29) is 35.9 Å². The molecule has 1 aliphatic carbocycles. The molecule has 22 heavy (non-hydrogen) atoms. The lowest BCUT2D eigenvalue weighted by Gasteiger charge is -2.20. The van der Waals surface area contributed by atoms with Crippen molar-refractivity contribution < 1.29 is 9.13 Å². The van der Waals surface area contributed by atoms with Crippen molar-refractivity contribution >= 4 is 29.9 Å². The van der Waals surface area contributed by atoms with E-state index in [1.165, 1.54) is 37.8 Å². The van der Waals surface area contributed by atoms with Crippen LogP contribution < -0.4 is 15.4 Å². The van der Waals surface area contributed by atoms with Gasteiger partial charge in [0.15, 0.2) is 5.96 Å². The summed E-state index contributed by atoms with van der Waals surface area (Å²) < 4.78 is 18.8. The van der Waals surface area contributed by atoms with Crippen LogP contribution in [0.4, 0.5) is 4.39 Å². The number of hydrogen-bond donors (Lipinski definition) is 2. The fraction of sp³-hybridized carbons (Fsp3) is 0.562. The summed E-state index contributed by atoms with van der Waals surface area (Å²) in [4.78, 5) is 4.22. The Morgan fingerprint density at radius 3 is 2.77 bits per heavy atom. The van der Waals surface area contributed by atoms with Crippen LogP contribution in [0.2, 0.25) is 0 Å². The highest BCUT2D eigenvalue weighted by Gasteiger charge is 2.16. The molecule has 4 nitrogen and oxygen atoms in total. The Balaban J connectivity index is 0.00000242. The second kappa shape index (κ2) is 9.86. The number of benzene rings is 1. The maximum Gasteiger partial charge on any atom is 0.191 e. The first-order valence-corrected chi connectivity index (χ1v) is 7.57. The van der Waals surface area contributed by atoms with Gasteiger partial charge in [0, 0.05) is 19.2 Å². The van der Waals surface area contributed by atoms with Crippen LogP contribution in [-0.4, -0.2) is 31.7 Å². The van der Waals surface area contributed by atoms with E-state index in [1.807, 2.05) is 6.92 Å². The molecule has 0 radical (unpaired) electrons. The van der Waals surface area contributed by atoms with E-state index in [4.69, 9.17) is 4.74 Å². The molecule has 1 fully saturated rings. The summed E-state index contributed by atoms with van der Waals surface area (Å²) in [6.07, 6.45) is 4.90. The second-order valence-electron chi connectivity index (χ2n) is 5.46. The lowest BCUT2D eigenvalue weighted by atomic mass is 10.2. The number of rotatable bonds is 5. The third-order valence-corrected chi connectivity index (χ3v) is 3.61. The summed E-state index contributed by atoms with van der Waals surface area (Å²) >= 11 is 0. The predicted octanol–water partition coefficient (Wildman–Crippen LogP) is 3.32. The van der Waals surface area contributed by atoms with Gasteiger partial charge in [0.1, 0.15) is 17.7 Å². The number of nitrogens with one attached hydrogen (secondary N) is 2. The van der Waals surface area contributed by atoms with Crippen LogP contribution in [0.3, 0.4) is 0 Å². The van der Waals surface area contributed by atoms with Crippen molar-refractivity contribution in [2.24, 2.45) is 4.99 Å². The summed E-state index contributed by atoms with van der Waals surface area (Å²) in [6, 6.07) is 6.72. The number of halogens is 2. The van der Waals surface area contributed by atoms with Crippen LogP contribution in [-0.2, 0) is 0 Å². The molecule has 2 rings (SSSR count). The molecule has 0 spiro atoms. The standard InChI is InChI=1S/C16H24FN3O.HI/c1-12(21-15-9-5-6-13(17)10-15)11-19-16(18-2)20-14-7-3-4-8-14;/h5-6,9-10,12,14H,3-4,7-8,11H2,1-2H3,(H2,18,19,20);1H. The quantitative estimate of drug-likeness (QED) is 0.436. The van der Waals surface area contributed by atoms with Crippen molar-refractivity contribution in [3.8, 4) is 5.75 Å². The second-order valence-corrected chi connectivity index (χ2v) is 5.46. The smallest absolute Gasteiger partial charge is 0.191 e. The molecule has 2 N–H and O–H groups in total. The van der Waals surface area contributed by atoms with Gasteiger partial charge < -0.3 is 15.4 Å². The van der Waals surface area contributed by atoms with Crippen molar-refractivity contribution in [3.05, 3.63) is 30.1 Å². The van der Waals surface area contributed by atoms with Gasteiger partial charge in [-0.2, -0.15) is 0 Å². The molecule has 1 unspecified atom stereocenters. The van der Waals surface area contributed by atoms with Crippen LogP contribution in [0.1, 0.15) is 32.6 Å². The number of guanidine groups is 1. The van der Waals surface area contributed by atoms with Crippen LogP contribution in [0, 0.1) is 5.82 Å². The average molecular weight is 421 g/mol.